The first-order valence-electron chi connectivity index (χ1n) is 11.9. The lowest BCUT2D eigenvalue weighted by atomic mass is 9.46. The number of hydrogen-bond donors (Lipinski definition) is 0. The number of pyridine rings is 1. The summed E-state index contributed by atoms with van der Waals surface area (Å²) in [5.41, 5.74) is 3.17. The molecule has 30 heavy (non-hydrogen) atoms. The summed E-state index contributed by atoms with van der Waals surface area (Å²) in [5, 5.41) is 0. The van der Waals surface area contributed by atoms with E-state index in [2.05, 4.69) is 31.0 Å². The van der Waals surface area contributed by atoms with E-state index < -0.39 is 0 Å². The number of hydrogen-bond acceptors (Lipinski definition) is 4. The van der Waals surface area contributed by atoms with Crippen LogP contribution in [-0.4, -0.2) is 24.2 Å². The highest BCUT2D eigenvalue weighted by atomic mass is 16.5. The number of allylic oxidation sites excluding steroid dienone is 2. The Hall–Kier alpha value is -1.84. The van der Waals surface area contributed by atoms with Crippen molar-refractivity contribution in [3.05, 3.63) is 30.1 Å². The molecule has 0 aromatic carbocycles. The largest absolute Gasteiger partial charge is 0.492 e. The normalized spacial score (nSPS) is 40.4. The number of nitrogens with zero attached hydrogens (tertiary/aromatic N) is 1. The SMILES string of the molecule is CCOc1cncc(C2=CC[C@H]3[C@@H]4CC[C@H]5CC(=O)OCC[C@]5(C)[C@H]4CC[C@]23C)c1. The van der Waals surface area contributed by atoms with Gasteiger partial charge in [-0.05, 0) is 97.2 Å². The third kappa shape index (κ3) is 3.01. The molecule has 1 aliphatic heterocycles. The zero-order valence-corrected chi connectivity index (χ0v) is 18.7. The van der Waals surface area contributed by atoms with Gasteiger partial charge in [-0.25, -0.2) is 0 Å². The molecule has 0 N–H and O–H groups in total. The molecule has 2 heterocycles. The Bertz CT molecular complexity index is 864. The summed E-state index contributed by atoms with van der Waals surface area (Å²) in [6.07, 6.45) is 14.1. The van der Waals surface area contributed by atoms with E-state index in [1.54, 1.807) is 0 Å². The smallest absolute Gasteiger partial charge is 0.306 e. The second kappa shape index (κ2) is 7.39. The number of esters is 1. The molecule has 162 valence electrons. The van der Waals surface area contributed by atoms with E-state index in [-0.39, 0.29) is 16.8 Å². The van der Waals surface area contributed by atoms with Crippen LogP contribution in [0.5, 0.6) is 5.75 Å². The summed E-state index contributed by atoms with van der Waals surface area (Å²) in [4.78, 5) is 16.6. The molecule has 3 aliphatic carbocycles. The van der Waals surface area contributed by atoms with Gasteiger partial charge >= 0.3 is 5.97 Å². The van der Waals surface area contributed by atoms with E-state index in [1.807, 2.05) is 19.3 Å². The van der Waals surface area contributed by atoms with Crippen LogP contribution in [0.25, 0.3) is 5.57 Å². The summed E-state index contributed by atoms with van der Waals surface area (Å²) in [6.45, 7) is 8.26. The molecule has 1 aromatic heterocycles. The Balaban J connectivity index is 1.42. The van der Waals surface area contributed by atoms with E-state index in [4.69, 9.17) is 9.47 Å². The van der Waals surface area contributed by atoms with Crippen molar-refractivity contribution in [1.29, 1.82) is 0 Å². The summed E-state index contributed by atoms with van der Waals surface area (Å²) in [6, 6.07) is 2.18. The molecule has 6 atom stereocenters. The maximum atomic E-state index is 12.1. The number of cyclic esters (lactones) is 1. The minimum atomic E-state index is 0.0225. The lowest BCUT2D eigenvalue weighted by molar-refractivity contribution is -0.143. The van der Waals surface area contributed by atoms with Gasteiger partial charge in [0, 0.05) is 12.6 Å². The van der Waals surface area contributed by atoms with Gasteiger partial charge in [-0.1, -0.05) is 19.9 Å². The topological polar surface area (TPSA) is 48.4 Å². The molecule has 4 heteroatoms. The van der Waals surface area contributed by atoms with Crippen molar-refractivity contribution >= 4 is 11.5 Å². The van der Waals surface area contributed by atoms with Crippen molar-refractivity contribution in [1.82, 2.24) is 4.98 Å². The lowest BCUT2D eigenvalue weighted by Gasteiger charge is -2.58. The minimum absolute atomic E-state index is 0.0225. The highest BCUT2D eigenvalue weighted by molar-refractivity contribution is 5.73. The standard InChI is InChI=1S/C26H35NO3/c1-4-29-19-13-17(15-27-16-19)21-7-8-22-20-6-5-18-14-24(28)30-12-11-25(18,2)23(20)9-10-26(21,22)3/h7,13,15-16,18,20,22-23H,4-6,8-12,14H2,1-3H3/t18-,20-,22-,23-,25-,26+/m0/s1. The van der Waals surface area contributed by atoms with Crippen LogP contribution in [0.15, 0.2) is 24.5 Å². The maximum Gasteiger partial charge on any atom is 0.306 e. The van der Waals surface area contributed by atoms with Crippen molar-refractivity contribution in [3.8, 4) is 5.75 Å². The minimum Gasteiger partial charge on any atom is -0.492 e. The molecule has 0 bridgehead atoms. The van der Waals surface area contributed by atoms with Crippen LogP contribution in [0, 0.1) is 34.5 Å². The molecule has 4 aliphatic rings. The zero-order valence-electron chi connectivity index (χ0n) is 18.7. The Morgan fingerprint density at radius 3 is 2.87 bits per heavy atom. The summed E-state index contributed by atoms with van der Waals surface area (Å²) < 4.78 is 11.2. The highest BCUT2D eigenvalue weighted by Crippen LogP contribution is 2.66. The Morgan fingerprint density at radius 2 is 2.03 bits per heavy atom. The molecule has 0 amide bonds. The van der Waals surface area contributed by atoms with Gasteiger partial charge in [0.25, 0.3) is 0 Å². The average Bonchev–Trinajstić information content (AvgIpc) is 2.99. The van der Waals surface area contributed by atoms with E-state index in [9.17, 15) is 4.79 Å². The van der Waals surface area contributed by atoms with Crippen LogP contribution in [-0.2, 0) is 9.53 Å². The van der Waals surface area contributed by atoms with Crippen molar-refractivity contribution in [2.24, 2.45) is 34.5 Å². The second-order valence-electron chi connectivity index (χ2n) is 10.5. The molecule has 0 radical (unpaired) electrons. The molecule has 2 saturated carbocycles. The zero-order chi connectivity index (χ0) is 20.9. The van der Waals surface area contributed by atoms with Gasteiger partial charge < -0.3 is 9.47 Å². The van der Waals surface area contributed by atoms with E-state index >= 15 is 0 Å². The molecule has 3 fully saturated rings. The van der Waals surface area contributed by atoms with Gasteiger partial charge in [0.05, 0.1) is 19.4 Å². The van der Waals surface area contributed by atoms with Crippen LogP contribution in [0.4, 0.5) is 0 Å². The Labute approximate surface area is 180 Å². The first-order valence-corrected chi connectivity index (χ1v) is 11.9. The van der Waals surface area contributed by atoms with Gasteiger partial charge in [0.15, 0.2) is 0 Å². The Kier molecular flexibility index (Phi) is 4.95. The van der Waals surface area contributed by atoms with Gasteiger partial charge in [0.2, 0.25) is 0 Å². The quantitative estimate of drug-likeness (QED) is 0.604. The van der Waals surface area contributed by atoms with E-state index in [0.717, 1.165) is 18.1 Å². The fourth-order valence-electron chi connectivity index (χ4n) is 7.73. The predicted molar refractivity (Wildman–Crippen MR) is 117 cm³/mol. The summed E-state index contributed by atoms with van der Waals surface area (Å²) >= 11 is 0. The van der Waals surface area contributed by atoms with Crippen LogP contribution in [0.2, 0.25) is 0 Å². The number of ether oxygens (including phenoxy) is 2. The highest BCUT2D eigenvalue weighted by Gasteiger charge is 2.58. The van der Waals surface area contributed by atoms with Crippen LogP contribution in [0.1, 0.15) is 71.3 Å². The number of fused-ring (bicyclic) bond motifs is 5. The van der Waals surface area contributed by atoms with Gasteiger partial charge in [-0.15, -0.1) is 0 Å². The molecule has 1 saturated heterocycles. The fraction of sp³-hybridized carbons (Fsp3) is 0.692. The molecular weight excluding hydrogens is 374 g/mol. The third-order valence-corrected chi connectivity index (χ3v) is 9.30. The molecule has 5 rings (SSSR count). The van der Waals surface area contributed by atoms with Crippen molar-refractivity contribution < 1.29 is 14.3 Å². The first kappa shape index (κ1) is 20.1. The molecule has 1 aromatic rings. The number of rotatable bonds is 3. The fourth-order valence-corrected chi connectivity index (χ4v) is 7.73. The number of aromatic nitrogens is 1. The first-order chi connectivity index (χ1) is 14.5. The summed E-state index contributed by atoms with van der Waals surface area (Å²) in [5.74, 6) is 3.54. The van der Waals surface area contributed by atoms with Crippen LogP contribution >= 0.6 is 0 Å². The van der Waals surface area contributed by atoms with E-state index in [0.29, 0.717) is 37.4 Å². The van der Waals surface area contributed by atoms with Crippen LogP contribution in [0.3, 0.4) is 0 Å². The number of carbonyl (C=O) groups is 1. The third-order valence-electron chi connectivity index (χ3n) is 9.30. The lowest BCUT2D eigenvalue weighted by Crippen LogP contribution is -2.51. The molecule has 4 nitrogen and oxygen atoms in total. The predicted octanol–water partition coefficient (Wildman–Crippen LogP) is 5.67. The second-order valence-corrected chi connectivity index (χ2v) is 10.5. The van der Waals surface area contributed by atoms with Gasteiger partial charge in [-0.3, -0.25) is 9.78 Å². The molecule has 0 unspecified atom stereocenters. The Morgan fingerprint density at radius 1 is 1.17 bits per heavy atom. The van der Waals surface area contributed by atoms with Crippen molar-refractivity contribution in [3.63, 3.8) is 0 Å². The number of carbonyl (C=O) groups excluding carboxylic acids is 1. The van der Waals surface area contributed by atoms with Crippen LogP contribution < -0.4 is 4.74 Å². The average molecular weight is 410 g/mol. The van der Waals surface area contributed by atoms with Gasteiger partial charge in [0.1, 0.15) is 5.75 Å². The van der Waals surface area contributed by atoms with E-state index in [1.165, 1.54) is 43.2 Å². The van der Waals surface area contributed by atoms with Crippen molar-refractivity contribution in [2.75, 3.05) is 13.2 Å². The molecule has 0 spiro atoms. The molecular formula is C26H35NO3. The monoisotopic (exact) mass is 409 g/mol. The maximum absolute atomic E-state index is 12.1. The van der Waals surface area contributed by atoms with Crippen molar-refractivity contribution in [2.45, 2.75) is 65.7 Å². The van der Waals surface area contributed by atoms with Gasteiger partial charge in [-0.2, -0.15) is 0 Å². The summed E-state index contributed by atoms with van der Waals surface area (Å²) in [7, 11) is 0.